The number of hydrogen-bond donors (Lipinski definition) is 3. The largest absolute Gasteiger partial charge is 0.466 e. The number of allylic oxidation sites excluding steroid dienone is 9. The quantitative estimate of drug-likeness (QED) is 0.0244. The summed E-state index contributed by atoms with van der Waals surface area (Å²) in [5, 5.41) is 23.1. The number of hydrogen-bond acceptors (Lipinski definition) is 5. The van der Waals surface area contributed by atoms with Gasteiger partial charge in [-0.25, -0.2) is 0 Å². The van der Waals surface area contributed by atoms with Crippen LogP contribution in [0.25, 0.3) is 0 Å². The number of aliphatic hydroxyl groups is 2. The van der Waals surface area contributed by atoms with Crippen LogP contribution in [0.2, 0.25) is 0 Å². The molecule has 0 fully saturated rings. The maximum Gasteiger partial charge on any atom is 0.305 e. The average molecular weight is 925 g/mol. The molecular weight excluding hydrogens is 815 g/mol. The molecule has 0 spiro atoms. The van der Waals surface area contributed by atoms with Crippen molar-refractivity contribution in [2.75, 3.05) is 13.2 Å². The van der Waals surface area contributed by atoms with Crippen molar-refractivity contribution >= 4 is 11.9 Å². The molecule has 2 unspecified atom stereocenters. The number of amides is 1. The van der Waals surface area contributed by atoms with E-state index >= 15 is 0 Å². The molecule has 0 aromatic heterocycles. The van der Waals surface area contributed by atoms with E-state index in [-0.39, 0.29) is 18.5 Å². The monoisotopic (exact) mass is 924 g/mol. The minimum Gasteiger partial charge on any atom is -0.466 e. The maximum absolute atomic E-state index is 12.4. The van der Waals surface area contributed by atoms with Crippen molar-refractivity contribution in [1.29, 1.82) is 0 Å². The number of nitrogens with one attached hydrogen (secondary N) is 1. The van der Waals surface area contributed by atoms with Crippen molar-refractivity contribution in [2.24, 2.45) is 0 Å². The normalized spacial score (nSPS) is 13.1. The molecule has 0 aromatic rings. The van der Waals surface area contributed by atoms with Crippen LogP contribution in [0.4, 0.5) is 0 Å². The molecule has 0 radical (unpaired) electrons. The van der Waals surface area contributed by atoms with Gasteiger partial charge >= 0.3 is 5.97 Å². The first-order valence-electron chi connectivity index (χ1n) is 28.6. The van der Waals surface area contributed by atoms with Gasteiger partial charge in [-0.05, 0) is 96.3 Å². The first-order valence-corrected chi connectivity index (χ1v) is 28.6. The Kier molecular flexibility index (Phi) is 53.1. The smallest absolute Gasteiger partial charge is 0.305 e. The summed E-state index contributed by atoms with van der Waals surface area (Å²) in [7, 11) is 0. The third kappa shape index (κ3) is 51.0. The number of unbranched alkanes of at least 4 members (excludes halogenated alkanes) is 34. The van der Waals surface area contributed by atoms with Crippen LogP contribution in [0, 0.1) is 0 Å². The van der Waals surface area contributed by atoms with Crippen molar-refractivity contribution < 1.29 is 24.5 Å². The molecule has 0 aliphatic carbocycles. The molecule has 0 rings (SSSR count). The molecule has 0 aliphatic rings. The van der Waals surface area contributed by atoms with Crippen LogP contribution < -0.4 is 5.32 Å². The van der Waals surface area contributed by atoms with Gasteiger partial charge in [0, 0.05) is 12.8 Å². The highest BCUT2D eigenvalue weighted by molar-refractivity contribution is 5.76. The van der Waals surface area contributed by atoms with E-state index in [2.05, 4.69) is 67.8 Å². The van der Waals surface area contributed by atoms with Crippen LogP contribution in [0.15, 0.2) is 60.8 Å². The number of ether oxygens (including phenoxy) is 1. The lowest BCUT2D eigenvalue weighted by molar-refractivity contribution is -0.143. The zero-order chi connectivity index (χ0) is 47.9. The van der Waals surface area contributed by atoms with Crippen LogP contribution in [0.1, 0.15) is 284 Å². The van der Waals surface area contributed by atoms with Crippen LogP contribution in [-0.2, 0) is 14.3 Å². The van der Waals surface area contributed by atoms with Gasteiger partial charge in [0.15, 0.2) is 0 Å². The zero-order valence-corrected chi connectivity index (χ0v) is 43.7. The highest BCUT2D eigenvalue weighted by Gasteiger charge is 2.18. The summed E-state index contributed by atoms with van der Waals surface area (Å²) in [6.07, 6.45) is 70.9. The van der Waals surface area contributed by atoms with Gasteiger partial charge in [-0.15, -0.1) is 0 Å². The molecule has 6 nitrogen and oxygen atoms in total. The summed E-state index contributed by atoms with van der Waals surface area (Å²) in [5.74, 6) is -0.108. The Morgan fingerprint density at radius 1 is 0.439 bits per heavy atom. The second-order valence-corrected chi connectivity index (χ2v) is 19.3. The fourth-order valence-electron chi connectivity index (χ4n) is 8.36. The van der Waals surface area contributed by atoms with Crippen LogP contribution in [0.5, 0.6) is 0 Å². The summed E-state index contributed by atoms with van der Waals surface area (Å²) in [6, 6.07) is -0.637. The van der Waals surface area contributed by atoms with Crippen molar-refractivity contribution in [1.82, 2.24) is 5.32 Å². The Bertz CT molecular complexity index is 1160. The molecule has 1 amide bonds. The summed E-state index contributed by atoms with van der Waals surface area (Å²) in [6.45, 7) is 4.82. The van der Waals surface area contributed by atoms with Gasteiger partial charge in [0.2, 0.25) is 5.91 Å². The van der Waals surface area contributed by atoms with Crippen molar-refractivity contribution in [3.05, 3.63) is 60.8 Å². The van der Waals surface area contributed by atoms with Crippen molar-refractivity contribution in [2.45, 2.75) is 296 Å². The molecule has 0 saturated heterocycles. The third-order valence-electron chi connectivity index (χ3n) is 12.8. The first-order chi connectivity index (χ1) is 32.5. The Morgan fingerprint density at radius 3 is 1.27 bits per heavy atom. The molecule has 0 aromatic carbocycles. The number of rotatable bonds is 52. The number of carbonyl (C=O) groups is 2. The molecule has 3 N–H and O–H groups in total. The number of aliphatic hydroxyl groups excluding tert-OH is 2. The van der Waals surface area contributed by atoms with E-state index in [1.54, 1.807) is 6.08 Å². The summed E-state index contributed by atoms with van der Waals surface area (Å²) < 4.78 is 5.44. The van der Waals surface area contributed by atoms with Crippen molar-refractivity contribution in [3.8, 4) is 0 Å². The van der Waals surface area contributed by atoms with Gasteiger partial charge < -0.3 is 20.3 Å². The van der Waals surface area contributed by atoms with Crippen molar-refractivity contribution in [3.63, 3.8) is 0 Å². The van der Waals surface area contributed by atoms with Gasteiger partial charge in [0.25, 0.3) is 0 Å². The first kappa shape index (κ1) is 63.6. The van der Waals surface area contributed by atoms with E-state index in [1.807, 2.05) is 6.08 Å². The van der Waals surface area contributed by atoms with Crippen LogP contribution >= 0.6 is 0 Å². The molecule has 66 heavy (non-hydrogen) atoms. The fourth-order valence-corrected chi connectivity index (χ4v) is 8.36. The zero-order valence-electron chi connectivity index (χ0n) is 43.7. The maximum atomic E-state index is 12.4. The standard InChI is InChI=1S/C60H109NO5/c1-3-5-7-9-11-13-15-17-24-28-32-36-40-44-48-52-58(63)57(56-62)61-59(64)53-49-45-41-37-33-29-26-22-20-19-21-23-27-31-35-39-43-47-51-55-66-60(65)54-50-46-42-38-34-30-25-18-16-14-12-10-8-6-4-2/h12,14,18,23,25,27,31,35,48,52,57-58,62-63H,3-11,13,15-17,19-22,24,26,28-30,32-34,36-47,49-51,53-56H2,1-2H3,(H,61,64)/b14-12-,25-18-,27-23-,35-31-,52-48+. The predicted octanol–water partition coefficient (Wildman–Crippen LogP) is 17.6. The molecule has 6 heteroatoms. The van der Waals surface area contributed by atoms with Gasteiger partial charge in [-0.3, -0.25) is 9.59 Å². The topological polar surface area (TPSA) is 95.9 Å². The minimum absolute atomic E-state index is 0.0290. The van der Waals surface area contributed by atoms with E-state index in [9.17, 15) is 19.8 Å². The summed E-state index contributed by atoms with van der Waals surface area (Å²) in [4.78, 5) is 24.5. The van der Waals surface area contributed by atoms with Gasteiger partial charge in [-0.2, -0.15) is 0 Å². The summed E-state index contributed by atoms with van der Waals surface area (Å²) in [5.41, 5.74) is 0. The minimum atomic E-state index is -0.852. The van der Waals surface area contributed by atoms with E-state index in [0.29, 0.717) is 19.4 Å². The lowest BCUT2D eigenvalue weighted by Crippen LogP contribution is -2.45. The van der Waals surface area contributed by atoms with E-state index in [0.717, 1.165) is 89.9 Å². The highest BCUT2D eigenvalue weighted by Crippen LogP contribution is 2.15. The van der Waals surface area contributed by atoms with E-state index in [1.165, 1.54) is 167 Å². The van der Waals surface area contributed by atoms with E-state index < -0.39 is 12.1 Å². The third-order valence-corrected chi connectivity index (χ3v) is 12.8. The van der Waals surface area contributed by atoms with Gasteiger partial charge in [0.1, 0.15) is 0 Å². The summed E-state index contributed by atoms with van der Waals surface area (Å²) >= 11 is 0. The molecular formula is C60H109NO5. The number of esters is 1. The van der Waals surface area contributed by atoms with Crippen LogP contribution in [0.3, 0.4) is 0 Å². The second-order valence-electron chi connectivity index (χ2n) is 19.3. The van der Waals surface area contributed by atoms with Crippen LogP contribution in [-0.4, -0.2) is 47.4 Å². The second kappa shape index (κ2) is 55.2. The predicted molar refractivity (Wildman–Crippen MR) is 287 cm³/mol. The molecule has 0 aliphatic heterocycles. The van der Waals surface area contributed by atoms with Gasteiger partial charge in [0.05, 0.1) is 25.4 Å². The highest BCUT2D eigenvalue weighted by atomic mass is 16.5. The molecule has 0 saturated carbocycles. The van der Waals surface area contributed by atoms with E-state index in [4.69, 9.17) is 4.74 Å². The molecule has 384 valence electrons. The number of carbonyl (C=O) groups excluding carboxylic acids is 2. The SMILES string of the molecule is CCCCC/C=C\C/C=C\CCCCCCCC(=O)OCCCCC/C=C\C=C/CCCCCCCCCCCCC(=O)NC(CO)C(O)/C=C/CCCCCCCCCCCCCCC. The van der Waals surface area contributed by atoms with Gasteiger partial charge in [-0.1, -0.05) is 235 Å². The lowest BCUT2D eigenvalue weighted by Gasteiger charge is -2.20. The Morgan fingerprint density at radius 2 is 0.803 bits per heavy atom. The average Bonchev–Trinajstić information content (AvgIpc) is 3.32. The lowest BCUT2D eigenvalue weighted by atomic mass is 10.0. The Labute approximate surface area is 409 Å². The Balaban J connectivity index is 3.52. The Hall–Kier alpha value is -2.44. The molecule has 0 bridgehead atoms. The molecule has 0 heterocycles. The fraction of sp³-hybridized carbons (Fsp3) is 0.800. The molecule has 2 atom stereocenters.